The first-order valence-electron chi connectivity index (χ1n) is 11.1. The Morgan fingerprint density at radius 2 is 1.79 bits per heavy atom. The number of allylic oxidation sites excluding steroid dienone is 1. The van der Waals surface area contributed by atoms with Crippen LogP contribution >= 0.6 is 0 Å². The summed E-state index contributed by atoms with van der Waals surface area (Å²) >= 11 is 0. The van der Waals surface area contributed by atoms with E-state index in [0.717, 1.165) is 0 Å². The van der Waals surface area contributed by atoms with Crippen LogP contribution in [0.3, 0.4) is 0 Å². The molecule has 189 valence electrons. The molecule has 2 rings (SSSR count). The molecule has 9 nitrogen and oxygen atoms in total. The van der Waals surface area contributed by atoms with Gasteiger partial charge in [-0.05, 0) is 37.9 Å². The number of aliphatic hydroxyl groups is 1. The number of aliphatic hydroxyl groups excluding tert-OH is 1. The average molecular weight is 494 g/mol. The van der Waals surface area contributed by atoms with Crippen molar-refractivity contribution in [3.63, 3.8) is 0 Å². The minimum absolute atomic E-state index is 0.152. The van der Waals surface area contributed by atoms with Gasteiger partial charge in [0.25, 0.3) is 5.91 Å². The number of nitrogens with zero attached hydrogens (tertiary/aromatic N) is 1. The third-order valence-corrected chi connectivity index (χ3v) is 6.13. The largest absolute Gasteiger partial charge is 0.493 e. The molecule has 0 aromatic heterocycles. The zero-order valence-electron chi connectivity index (χ0n) is 21.4. The fraction of sp³-hybridized carbons (Fsp3) is 0.583. The first kappa shape index (κ1) is 27.7. The summed E-state index contributed by atoms with van der Waals surface area (Å²) in [5.41, 5.74) is 0.110. The van der Waals surface area contributed by atoms with Crippen LogP contribution < -0.4 is 14.8 Å². The van der Waals surface area contributed by atoms with Crippen LogP contribution in [-0.2, 0) is 9.16 Å². The number of carbonyl (C=O) groups is 2. The molecule has 3 atom stereocenters. The number of rotatable bonds is 8. The first-order chi connectivity index (χ1) is 15.8. The van der Waals surface area contributed by atoms with Crippen molar-refractivity contribution < 1.29 is 33.3 Å². The molecule has 1 fully saturated rings. The minimum Gasteiger partial charge on any atom is -0.493 e. The monoisotopic (exact) mass is 493 g/mol. The van der Waals surface area contributed by atoms with Gasteiger partial charge in [0.05, 0.1) is 49.5 Å². The number of nitrogens with one attached hydrogen (secondary N) is 1. The predicted molar refractivity (Wildman–Crippen MR) is 132 cm³/mol. The molecule has 0 saturated carbocycles. The summed E-state index contributed by atoms with van der Waals surface area (Å²) in [7, 11) is 1.85. The maximum atomic E-state index is 13.9. The molecule has 1 aliphatic heterocycles. The van der Waals surface area contributed by atoms with Crippen LogP contribution in [0.5, 0.6) is 11.5 Å². The maximum absolute atomic E-state index is 13.9. The van der Waals surface area contributed by atoms with Gasteiger partial charge in [0.15, 0.2) is 11.5 Å². The van der Waals surface area contributed by atoms with Crippen LogP contribution in [0, 0.1) is 5.41 Å². The van der Waals surface area contributed by atoms with Gasteiger partial charge < -0.3 is 28.6 Å². The SMILES string of the molecule is C=C(C)OC(=O)Nc1cc(OC)c(OC)cc1C(=O)N1C[C@H](O)C[C@H]1C(O[Si](C)C)C(C)(C)C. The lowest BCUT2D eigenvalue weighted by atomic mass is 9.83. The number of methoxy groups -OCH3 is 2. The van der Waals surface area contributed by atoms with E-state index < -0.39 is 21.2 Å². The molecular formula is C24H37N2O7Si. The number of hydrogen-bond donors (Lipinski definition) is 2. The van der Waals surface area contributed by atoms with E-state index in [1.54, 1.807) is 11.8 Å². The second-order valence-corrected chi connectivity index (χ2v) is 11.7. The summed E-state index contributed by atoms with van der Waals surface area (Å²) in [6, 6.07) is 2.68. The van der Waals surface area contributed by atoms with E-state index in [1.807, 2.05) is 13.1 Å². The first-order valence-corrected chi connectivity index (χ1v) is 13.6. The average Bonchev–Trinajstić information content (AvgIpc) is 3.10. The van der Waals surface area contributed by atoms with Crippen molar-refractivity contribution in [3.05, 3.63) is 30.0 Å². The lowest BCUT2D eigenvalue weighted by Crippen LogP contribution is -2.50. The van der Waals surface area contributed by atoms with Crippen LogP contribution in [0.15, 0.2) is 24.5 Å². The van der Waals surface area contributed by atoms with E-state index in [4.69, 9.17) is 18.6 Å². The molecule has 0 bridgehead atoms. The molecule has 1 saturated heterocycles. The topological polar surface area (TPSA) is 107 Å². The normalized spacial score (nSPS) is 19.1. The van der Waals surface area contributed by atoms with E-state index in [9.17, 15) is 14.7 Å². The smallest absolute Gasteiger partial charge is 0.416 e. The van der Waals surface area contributed by atoms with Gasteiger partial charge in [0, 0.05) is 12.6 Å². The number of carbonyl (C=O) groups excluding carboxylic acids is 2. The van der Waals surface area contributed by atoms with E-state index in [1.165, 1.54) is 26.4 Å². The molecule has 1 radical (unpaired) electrons. The fourth-order valence-corrected chi connectivity index (χ4v) is 5.08. The van der Waals surface area contributed by atoms with Crippen LogP contribution in [-0.4, -0.2) is 70.1 Å². The number of benzene rings is 1. The summed E-state index contributed by atoms with van der Waals surface area (Å²) in [6.45, 7) is 15.5. The second-order valence-electron chi connectivity index (χ2n) is 9.70. The van der Waals surface area contributed by atoms with Gasteiger partial charge in [0.2, 0.25) is 9.04 Å². The van der Waals surface area contributed by atoms with Gasteiger partial charge in [-0.1, -0.05) is 27.4 Å². The summed E-state index contributed by atoms with van der Waals surface area (Å²) < 4.78 is 22.1. The Kier molecular flexibility index (Phi) is 9.15. The highest BCUT2D eigenvalue weighted by atomic mass is 28.3. The Morgan fingerprint density at radius 1 is 1.21 bits per heavy atom. The standard InChI is InChI=1S/C24H37N2O7Si/c1-14(2)32-23(29)25-17-12-20(31-7)19(30-6)11-16(17)22(28)26-13-15(27)10-18(26)21(24(3,4)5)33-34(8)9/h11-12,15,18,21,27H,1,10,13H2,2-9H3,(H,25,29)/t15-,18+,21?/m1/s1. The molecule has 1 aromatic rings. The Balaban J connectivity index is 2.53. The summed E-state index contributed by atoms with van der Waals surface area (Å²) in [5, 5.41) is 13.1. The molecule has 10 heteroatoms. The Hall–Kier alpha value is -2.56. The van der Waals surface area contributed by atoms with E-state index in [-0.39, 0.29) is 47.0 Å². The Morgan fingerprint density at radius 3 is 2.29 bits per heavy atom. The van der Waals surface area contributed by atoms with Gasteiger partial charge in [-0.25, -0.2) is 4.79 Å². The molecule has 1 unspecified atom stereocenters. The number of anilines is 1. The highest BCUT2D eigenvalue weighted by Gasteiger charge is 2.45. The van der Waals surface area contributed by atoms with Crippen molar-refractivity contribution in [3.8, 4) is 11.5 Å². The molecule has 1 heterocycles. The van der Waals surface area contributed by atoms with Crippen molar-refractivity contribution in [1.29, 1.82) is 0 Å². The third kappa shape index (κ3) is 6.74. The van der Waals surface area contributed by atoms with Gasteiger partial charge >= 0.3 is 6.09 Å². The summed E-state index contributed by atoms with van der Waals surface area (Å²) in [4.78, 5) is 27.8. The quantitative estimate of drug-likeness (QED) is 0.416. The Bertz CT molecular complexity index is 913. The molecule has 2 amide bonds. The van der Waals surface area contributed by atoms with Crippen molar-refractivity contribution in [2.24, 2.45) is 5.41 Å². The molecule has 34 heavy (non-hydrogen) atoms. The fourth-order valence-electron chi connectivity index (χ4n) is 4.06. The van der Waals surface area contributed by atoms with Gasteiger partial charge in [-0.3, -0.25) is 10.1 Å². The molecule has 1 aliphatic rings. The molecular weight excluding hydrogens is 456 g/mol. The lowest BCUT2D eigenvalue weighted by Gasteiger charge is -2.40. The van der Waals surface area contributed by atoms with Gasteiger partial charge in [-0.2, -0.15) is 0 Å². The van der Waals surface area contributed by atoms with Crippen molar-refractivity contribution >= 4 is 26.7 Å². The van der Waals surface area contributed by atoms with Crippen LogP contribution in [0.4, 0.5) is 10.5 Å². The third-order valence-electron chi connectivity index (χ3n) is 5.41. The molecule has 2 N–H and O–H groups in total. The summed E-state index contributed by atoms with van der Waals surface area (Å²) in [5.74, 6) is 0.502. The zero-order chi connectivity index (χ0) is 25.8. The lowest BCUT2D eigenvalue weighted by molar-refractivity contribution is 0.0137. The number of ether oxygens (including phenoxy) is 3. The van der Waals surface area contributed by atoms with Crippen molar-refractivity contribution in [2.45, 2.75) is 65.5 Å². The maximum Gasteiger partial charge on any atom is 0.416 e. The second kappa shape index (κ2) is 11.2. The summed E-state index contributed by atoms with van der Waals surface area (Å²) in [6.07, 6.45) is -1.35. The van der Waals surface area contributed by atoms with Crippen molar-refractivity contribution in [1.82, 2.24) is 4.90 Å². The van der Waals surface area contributed by atoms with Crippen molar-refractivity contribution in [2.75, 3.05) is 26.1 Å². The number of β-amino-alcohol motifs (C(OH)–C–C–N with tert-alkyl or cyclic N) is 1. The van der Waals surface area contributed by atoms with Gasteiger partial charge in [-0.15, -0.1) is 0 Å². The number of likely N-dealkylation sites (tertiary alicyclic amines) is 1. The van der Waals surface area contributed by atoms with Gasteiger partial charge in [0.1, 0.15) is 0 Å². The van der Waals surface area contributed by atoms with E-state index in [0.29, 0.717) is 17.9 Å². The van der Waals surface area contributed by atoms with E-state index >= 15 is 0 Å². The predicted octanol–water partition coefficient (Wildman–Crippen LogP) is 4.04. The Labute approximate surface area is 203 Å². The van der Waals surface area contributed by atoms with Crippen LogP contribution in [0.2, 0.25) is 13.1 Å². The highest BCUT2D eigenvalue weighted by Crippen LogP contribution is 2.38. The highest BCUT2D eigenvalue weighted by molar-refractivity contribution is 6.48. The van der Waals surface area contributed by atoms with Crippen LogP contribution in [0.1, 0.15) is 44.5 Å². The van der Waals surface area contributed by atoms with E-state index in [2.05, 4.69) is 32.7 Å². The van der Waals surface area contributed by atoms with Crippen LogP contribution in [0.25, 0.3) is 0 Å². The number of hydrogen-bond acceptors (Lipinski definition) is 7. The molecule has 1 aromatic carbocycles. The molecule has 0 spiro atoms. The zero-order valence-corrected chi connectivity index (χ0v) is 22.4. The number of amides is 2. The molecule has 0 aliphatic carbocycles. The minimum atomic E-state index is -1.07.